The minimum absolute atomic E-state index is 0.352. The van der Waals surface area contributed by atoms with E-state index in [1.807, 2.05) is 6.20 Å². The van der Waals surface area contributed by atoms with Gasteiger partial charge >= 0.3 is 0 Å². The molecule has 1 aromatic rings. The zero-order chi connectivity index (χ0) is 5.28. The van der Waals surface area contributed by atoms with Gasteiger partial charge < -0.3 is 0 Å². The Kier molecular flexibility index (Phi) is 1.11. The predicted molar refractivity (Wildman–Crippen MR) is 32.4 cm³/mol. The van der Waals surface area contributed by atoms with Crippen LogP contribution in [0.1, 0.15) is 5.01 Å². The summed E-state index contributed by atoms with van der Waals surface area (Å²) in [5.41, 5.74) is 0. The molecule has 0 aromatic carbocycles. The van der Waals surface area contributed by atoms with Crippen molar-refractivity contribution in [3.05, 3.63) is 16.6 Å². The van der Waals surface area contributed by atoms with Crippen LogP contribution in [-0.2, 0) is 6.26 Å². The van der Waals surface area contributed by atoms with E-state index in [9.17, 15) is 0 Å². The molecule has 0 saturated heterocycles. The molecule has 0 amide bonds. The molecule has 0 bridgehead atoms. The van der Waals surface area contributed by atoms with E-state index in [4.69, 9.17) is 0 Å². The van der Waals surface area contributed by atoms with Crippen molar-refractivity contribution < 1.29 is 0 Å². The molecule has 0 aliphatic heterocycles. The lowest BCUT2D eigenvalue weighted by molar-refractivity contribution is 1.30. The smallest absolute Gasteiger partial charge is 0.206 e. The van der Waals surface area contributed by atoms with Crippen LogP contribution < -0.4 is 0 Å². The standard InChI is InChI=1S/C5H8NS/c1-5-6-3-4-7(5)2/h3-4H,1-2H3/q+1. The summed E-state index contributed by atoms with van der Waals surface area (Å²) >= 11 is 0. The molecule has 1 rings (SSSR count). The quantitative estimate of drug-likeness (QED) is 0.467. The molecule has 0 N–H and O–H groups in total. The Hall–Kier alpha value is -0.370. The van der Waals surface area contributed by atoms with E-state index in [1.165, 1.54) is 5.01 Å². The fraction of sp³-hybridized carbons (Fsp3) is 0.400. The molecule has 1 nitrogen and oxygen atoms in total. The monoisotopic (exact) mass is 114 g/mol. The summed E-state index contributed by atoms with van der Waals surface area (Å²) in [6.07, 6.45) is 4.04. The predicted octanol–water partition coefficient (Wildman–Crippen LogP) is 1.68. The molecule has 1 aromatic heterocycles. The Balaban J connectivity index is 3.12. The Morgan fingerprint density at radius 1 is 1.71 bits per heavy atom. The number of rotatable bonds is 0. The number of nitrogens with zero attached hydrogens (tertiary/aromatic N) is 1. The van der Waals surface area contributed by atoms with Crippen LogP contribution in [0.4, 0.5) is 0 Å². The second-order valence-electron chi connectivity index (χ2n) is 1.49. The Morgan fingerprint density at radius 2 is 2.43 bits per heavy atom. The highest BCUT2D eigenvalue weighted by Crippen LogP contribution is 2.14. The third kappa shape index (κ3) is 0.800. The highest BCUT2D eigenvalue weighted by atomic mass is 32.2. The Labute approximate surface area is 46.0 Å². The van der Waals surface area contributed by atoms with Crippen molar-refractivity contribution in [3.63, 3.8) is 0 Å². The summed E-state index contributed by atoms with van der Waals surface area (Å²) in [6.45, 7) is 2.06. The average molecular weight is 114 g/mol. The molecule has 0 radical (unpaired) electrons. The molecule has 0 spiro atoms. The summed E-state index contributed by atoms with van der Waals surface area (Å²) in [6, 6.07) is 0. The molecular weight excluding hydrogens is 106 g/mol. The molecule has 1 heterocycles. The van der Waals surface area contributed by atoms with Gasteiger partial charge in [0.2, 0.25) is 5.01 Å². The topological polar surface area (TPSA) is 12.9 Å². The summed E-state index contributed by atoms with van der Waals surface area (Å²) in [4.78, 5) is 4.07. The second kappa shape index (κ2) is 1.62. The molecule has 0 aliphatic carbocycles. The first-order valence-electron chi connectivity index (χ1n) is 2.16. The maximum atomic E-state index is 4.07. The first-order valence-corrected chi connectivity index (χ1v) is 3.86. The maximum Gasteiger partial charge on any atom is 0.238 e. The molecule has 7 heavy (non-hydrogen) atoms. The number of aromatic nitrogens is 1. The number of hydrogen-bond acceptors (Lipinski definition) is 1. The van der Waals surface area contributed by atoms with Gasteiger partial charge in [0.15, 0.2) is 5.38 Å². The average Bonchev–Trinajstić information content (AvgIpc) is 1.91. The van der Waals surface area contributed by atoms with Crippen LogP contribution in [0.25, 0.3) is 0 Å². The molecular formula is C5H8NS+. The van der Waals surface area contributed by atoms with E-state index in [-0.39, 0.29) is 0 Å². The van der Waals surface area contributed by atoms with Gasteiger partial charge in [0.05, 0.1) is 6.20 Å². The van der Waals surface area contributed by atoms with Crippen LogP contribution in [0.5, 0.6) is 0 Å². The van der Waals surface area contributed by atoms with Crippen molar-refractivity contribution in [2.45, 2.75) is 6.92 Å². The van der Waals surface area contributed by atoms with Crippen molar-refractivity contribution in [2.75, 3.05) is 0 Å². The second-order valence-corrected chi connectivity index (χ2v) is 3.47. The largest absolute Gasteiger partial charge is 0.238 e. The van der Waals surface area contributed by atoms with Gasteiger partial charge in [-0.05, 0) is 10.5 Å². The van der Waals surface area contributed by atoms with Crippen molar-refractivity contribution in [1.29, 1.82) is 0 Å². The molecule has 0 saturated carbocycles. The third-order valence-electron chi connectivity index (χ3n) is 0.987. The zero-order valence-corrected chi connectivity index (χ0v) is 5.33. The van der Waals surface area contributed by atoms with Crippen molar-refractivity contribution in [2.24, 2.45) is 6.26 Å². The van der Waals surface area contributed by atoms with E-state index in [1.54, 1.807) is 0 Å². The Morgan fingerprint density at radius 3 is 2.57 bits per heavy atom. The van der Waals surface area contributed by atoms with Crippen LogP contribution in [0.15, 0.2) is 11.6 Å². The van der Waals surface area contributed by atoms with Gasteiger partial charge in [-0.3, -0.25) is 0 Å². The van der Waals surface area contributed by atoms with Gasteiger partial charge in [0.25, 0.3) is 0 Å². The lowest BCUT2D eigenvalue weighted by atomic mass is 10.8. The van der Waals surface area contributed by atoms with Gasteiger partial charge in [0.1, 0.15) is 6.26 Å². The minimum Gasteiger partial charge on any atom is -0.206 e. The van der Waals surface area contributed by atoms with E-state index < -0.39 is 0 Å². The van der Waals surface area contributed by atoms with E-state index in [0.717, 1.165) is 0 Å². The summed E-state index contributed by atoms with van der Waals surface area (Å²) < 4.78 is 0. The lowest BCUT2D eigenvalue weighted by Crippen LogP contribution is -1.62. The summed E-state index contributed by atoms with van der Waals surface area (Å²) in [7, 11) is 0.352. The van der Waals surface area contributed by atoms with E-state index >= 15 is 0 Å². The van der Waals surface area contributed by atoms with Crippen LogP contribution in [-0.4, -0.2) is 4.98 Å². The lowest BCUT2D eigenvalue weighted by Gasteiger charge is -1.68. The minimum atomic E-state index is 0.352. The van der Waals surface area contributed by atoms with E-state index in [0.29, 0.717) is 10.5 Å². The fourth-order valence-electron chi connectivity index (χ4n) is 0.408. The maximum absolute atomic E-state index is 4.07. The molecule has 1 atom stereocenters. The highest BCUT2D eigenvalue weighted by molar-refractivity contribution is 7.27. The van der Waals surface area contributed by atoms with Crippen molar-refractivity contribution in [1.82, 2.24) is 4.98 Å². The van der Waals surface area contributed by atoms with Gasteiger partial charge in [-0.1, -0.05) is 0 Å². The molecule has 1 unspecified atom stereocenters. The molecule has 0 fully saturated rings. The van der Waals surface area contributed by atoms with Gasteiger partial charge in [-0.15, -0.1) is 0 Å². The summed E-state index contributed by atoms with van der Waals surface area (Å²) in [5.74, 6) is 0. The normalized spacial score (nSPS) is 12.0. The SMILES string of the molecule is Cc1ncc[s+]1C. The van der Waals surface area contributed by atoms with Gasteiger partial charge in [-0.25, -0.2) is 4.98 Å². The van der Waals surface area contributed by atoms with Crippen molar-refractivity contribution >= 4 is 10.5 Å². The van der Waals surface area contributed by atoms with Crippen LogP contribution in [0.2, 0.25) is 0 Å². The summed E-state index contributed by atoms with van der Waals surface area (Å²) in [5, 5.41) is 3.37. The molecule has 38 valence electrons. The third-order valence-corrected chi connectivity index (χ3v) is 2.55. The van der Waals surface area contributed by atoms with Gasteiger partial charge in [0, 0.05) is 6.92 Å². The number of aryl methyl sites for hydroxylation is 2. The highest BCUT2D eigenvalue weighted by Gasteiger charge is 1.98. The van der Waals surface area contributed by atoms with Crippen molar-refractivity contribution in [3.8, 4) is 0 Å². The molecule has 0 aliphatic rings. The number of hydrogen-bond donors (Lipinski definition) is 0. The van der Waals surface area contributed by atoms with Crippen LogP contribution >= 0.6 is 10.5 Å². The van der Waals surface area contributed by atoms with Gasteiger partial charge in [-0.2, -0.15) is 0 Å². The molecule has 2 heteroatoms. The van der Waals surface area contributed by atoms with E-state index in [2.05, 4.69) is 23.5 Å². The van der Waals surface area contributed by atoms with Crippen LogP contribution in [0.3, 0.4) is 0 Å². The zero-order valence-electron chi connectivity index (χ0n) is 4.51. The fourth-order valence-corrected chi connectivity index (χ4v) is 1.08. The number of thiazole rings is 1. The first-order chi connectivity index (χ1) is 3.30. The van der Waals surface area contributed by atoms with Crippen LogP contribution in [0, 0.1) is 6.92 Å². The first kappa shape index (κ1) is 4.78. The Bertz CT molecular complexity index is 140.